The van der Waals surface area contributed by atoms with Crippen molar-refractivity contribution in [2.24, 2.45) is 0 Å². The van der Waals surface area contributed by atoms with Crippen LogP contribution in [-0.4, -0.2) is 48.6 Å². The van der Waals surface area contributed by atoms with Crippen LogP contribution < -0.4 is 5.32 Å². The van der Waals surface area contributed by atoms with Crippen LogP contribution >= 0.6 is 0 Å². The zero-order valence-electron chi connectivity index (χ0n) is 18.6. The third-order valence-corrected chi connectivity index (χ3v) is 5.94. The van der Waals surface area contributed by atoms with Gasteiger partial charge in [-0.15, -0.1) is 0 Å². The van der Waals surface area contributed by atoms with Crippen molar-refractivity contribution in [1.82, 2.24) is 15.1 Å². The summed E-state index contributed by atoms with van der Waals surface area (Å²) in [6.45, 7) is 18.7. The molecule has 2 aromatic carbocycles. The molecule has 0 amide bonds. The lowest BCUT2D eigenvalue weighted by molar-refractivity contribution is 0.0864. The highest BCUT2D eigenvalue weighted by Crippen LogP contribution is 2.27. The summed E-state index contributed by atoms with van der Waals surface area (Å²) in [6, 6.07) is 18.5. The van der Waals surface area contributed by atoms with Crippen LogP contribution in [0.1, 0.15) is 42.1 Å². The summed E-state index contributed by atoms with van der Waals surface area (Å²) in [7, 11) is 0. The first-order chi connectivity index (χ1) is 13.9. The topological polar surface area (TPSA) is 18.5 Å². The molecule has 0 spiro atoms. The molecule has 1 N–H and O–H groups in total. The van der Waals surface area contributed by atoms with Crippen molar-refractivity contribution in [3.05, 3.63) is 83.1 Å². The fourth-order valence-corrected chi connectivity index (χ4v) is 4.46. The van der Waals surface area contributed by atoms with Crippen LogP contribution in [0, 0.1) is 13.8 Å². The Kier molecular flexibility index (Phi) is 7.51. The monoisotopic (exact) mass is 391 g/mol. The van der Waals surface area contributed by atoms with Gasteiger partial charge in [-0.3, -0.25) is 9.80 Å². The molecule has 156 valence electrons. The van der Waals surface area contributed by atoms with E-state index in [1.165, 1.54) is 22.3 Å². The van der Waals surface area contributed by atoms with E-state index in [1.807, 2.05) is 0 Å². The van der Waals surface area contributed by atoms with Crippen molar-refractivity contribution in [2.45, 2.75) is 46.2 Å². The zero-order chi connectivity index (χ0) is 20.8. The molecule has 29 heavy (non-hydrogen) atoms. The van der Waals surface area contributed by atoms with E-state index in [0.29, 0.717) is 6.04 Å². The number of hydrogen-bond acceptors (Lipinski definition) is 3. The van der Waals surface area contributed by atoms with Crippen molar-refractivity contribution in [3.63, 3.8) is 0 Å². The Hall–Kier alpha value is -2.10. The fourth-order valence-electron chi connectivity index (χ4n) is 4.46. The SMILES string of the molecule is C=C(NCCc1cc(C)cc(C)c1)C(c1ccccc1)N1CCN(C(C)C)CC1. The summed E-state index contributed by atoms with van der Waals surface area (Å²) in [5.74, 6) is 0. The minimum absolute atomic E-state index is 0.227. The second-order valence-corrected chi connectivity index (χ2v) is 8.68. The zero-order valence-corrected chi connectivity index (χ0v) is 18.6. The van der Waals surface area contributed by atoms with Crippen molar-refractivity contribution in [1.29, 1.82) is 0 Å². The quantitative estimate of drug-likeness (QED) is 0.703. The summed E-state index contributed by atoms with van der Waals surface area (Å²) >= 11 is 0. The maximum absolute atomic E-state index is 4.46. The molecule has 0 bridgehead atoms. The van der Waals surface area contributed by atoms with Gasteiger partial charge in [-0.2, -0.15) is 0 Å². The van der Waals surface area contributed by atoms with Crippen LogP contribution in [0.5, 0.6) is 0 Å². The Morgan fingerprint density at radius 2 is 1.52 bits per heavy atom. The maximum Gasteiger partial charge on any atom is 0.0745 e. The largest absolute Gasteiger partial charge is 0.387 e. The van der Waals surface area contributed by atoms with Gasteiger partial charge in [-0.1, -0.05) is 66.2 Å². The van der Waals surface area contributed by atoms with Crippen molar-refractivity contribution < 1.29 is 0 Å². The second-order valence-electron chi connectivity index (χ2n) is 8.68. The van der Waals surface area contributed by atoms with Gasteiger partial charge >= 0.3 is 0 Å². The van der Waals surface area contributed by atoms with E-state index < -0.39 is 0 Å². The van der Waals surface area contributed by atoms with Crippen LogP contribution in [-0.2, 0) is 6.42 Å². The molecular weight excluding hydrogens is 354 g/mol. The number of nitrogens with zero attached hydrogens (tertiary/aromatic N) is 2. The Labute approximate surface area is 177 Å². The lowest BCUT2D eigenvalue weighted by atomic mass is 10.0. The lowest BCUT2D eigenvalue weighted by Gasteiger charge is -2.41. The van der Waals surface area contributed by atoms with Crippen molar-refractivity contribution in [2.75, 3.05) is 32.7 Å². The predicted molar refractivity (Wildman–Crippen MR) is 124 cm³/mol. The Morgan fingerprint density at radius 3 is 2.10 bits per heavy atom. The average molecular weight is 392 g/mol. The van der Waals surface area contributed by atoms with Gasteiger partial charge in [0, 0.05) is 44.5 Å². The third kappa shape index (κ3) is 5.94. The molecule has 1 heterocycles. The Balaban J connectivity index is 1.65. The van der Waals surface area contributed by atoms with Crippen molar-refractivity contribution >= 4 is 0 Å². The van der Waals surface area contributed by atoms with E-state index in [9.17, 15) is 0 Å². The minimum atomic E-state index is 0.227. The van der Waals surface area contributed by atoms with Crippen LogP contribution in [0.3, 0.4) is 0 Å². The minimum Gasteiger partial charge on any atom is -0.387 e. The molecule has 1 aliphatic rings. The van der Waals surface area contributed by atoms with Crippen LogP contribution in [0.2, 0.25) is 0 Å². The first-order valence-corrected chi connectivity index (χ1v) is 11.0. The lowest BCUT2D eigenvalue weighted by Crippen LogP contribution is -2.50. The molecule has 1 aliphatic heterocycles. The fraction of sp³-hybridized carbons (Fsp3) is 0.462. The Morgan fingerprint density at radius 1 is 0.931 bits per heavy atom. The number of rotatable bonds is 8. The molecule has 2 aromatic rings. The first kappa shape index (κ1) is 21.6. The summed E-state index contributed by atoms with van der Waals surface area (Å²) in [5.41, 5.74) is 6.51. The van der Waals surface area contributed by atoms with Gasteiger partial charge in [-0.05, 0) is 45.2 Å². The highest BCUT2D eigenvalue weighted by atomic mass is 15.3. The summed E-state index contributed by atoms with van der Waals surface area (Å²) < 4.78 is 0. The van der Waals surface area contributed by atoms with Crippen molar-refractivity contribution in [3.8, 4) is 0 Å². The van der Waals surface area contributed by atoms with E-state index in [2.05, 4.69) is 97.9 Å². The molecule has 1 fully saturated rings. The highest BCUT2D eigenvalue weighted by molar-refractivity contribution is 5.29. The number of benzene rings is 2. The van der Waals surface area contributed by atoms with E-state index in [-0.39, 0.29) is 6.04 Å². The number of nitrogens with one attached hydrogen (secondary N) is 1. The molecular formula is C26H37N3. The van der Waals surface area contributed by atoms with E-state index >= 15 is 0 Å². The van der Waals surface area contributed by atoms with Gasteiger partial charge in [0.05, 0.1) is 6.04 Å². The molecule has 1 unspecified atom stereocenters. The van der Waals surface area contributed by atoms with Gasteiger partial charge in [0.1, 0.15) is 0 Å². The summed E-state index contributed by atoms with van der Waals surface area (Å²) in [4.78, 5) is 5.15. The summed E-state index contributed by atoms with van der Waals surface area (Å²) in [6.07, 6.45) is 1.02. The second kappa shape index (κ2) is 10.1. The number of piperazine rings is 1. The summed E-state index contributed by atoms with van der Waals surface area (Å²) in [5, 5.41) is 3.65. The molecule has 3 rings (SSSR count). The van der Waals surface area contributed by atoms with Crippen LogP contribution in [0.25, 0.3) is 0 Å². The smallest absolute Gasteiger partial charge is 0.0745 e. The predicted octanol–water partition coefficient (Wildman–Crippen LogP) is 4.72. The third-order valence-electron chi connectivity index (χ3n) is 5.94. The van der Waals surface area contributed by atoms with Crippen LogP contribution in [0.15, 0.2) is 60.8 Å². The van der Waals surface area contributed by atoms with Gasteiger partial charge in [0.15, 0.2) is 0 Å². The molecule has 0 saturated carbocycles. The van der Waals surface area contributed by atoms with Gasteiger partial charge in [0.25, 0.3) is 0 Å². The molecule has 1 saturated heterocycles. The normalized spacial score (nSPS) is 16.7. The molecule has 0 aliphatic carbocycles. The maximum atomic E-state index is 4.46. The number of aryl methyl sites for hydroxylation is 2. The molecule has 0 radical (unpaired) electrons. The first-order valence-electron chi connectivity index (χ1n) is 11.0. The molecule has 3 heteroatoms. The average Bonchev–Trinajstić information content (AvgIpc) is 2.69. The van der Waals surface area contributed by atoms with Crippen LogP contribution in [0.4, 0.5) is 0 Å². The highest BCUT2D eigenvalue weighted by Gasteiger charge is 2.27. The molecule has 1 atom stereocenters. The van der Waals surface area contributed by atoms with Gasteiger partial charge in [0.2, 0.25) is 0 Å². The molecule has 0 aromatic heterocycles. The Bertz CT molecular complexity index is 769. The van der Waals surface area contributed by atoms with Gasteiger partial charge in [-0.25, -0.2) is 0 Å². The number of hydrogen-bond donors (Lipinski definition) is 1. The van der Waals surface area contributed by atoms with Gasteiger partial charge < -0.3 is 5.32 Å². The van der Waals surface area contributed by atoms with E-state index in [0.717, 1.165) is 44.8 Å². The van der Waals surface area contributed by atoms with E-state index in [4.69, 9.17) is 0 Å². The molecule has 3 nitrogen and oxygen atoms in total. The van der Waals surface area contributed by atoms with E-state index in [1.54, 1.807) is 0 Å². The standard InChI is InChI=1S/C26H37N3/c1-20(2)28-13-15-29(16-14-28)26(25-9-7-6-8-10-25)23(5)27-12-11-24-18-21(3)17-22(4)19-24/h6-10,17-20,26-27H,5,11-16H2,1-4H3.